The Morgan fingerprint density at radius 1 is 1.25 bits per heavy atom. The lowest BCUT2D eigenvalue weighted by molar-refractivity contribution is -0.0542. The molecule has 2 saturated heterocycles. The maximum atomic E-state index is 12.4. The molecule has 1 aromatic rings. The predicted octanol–water partition coefficient (Wildman–Crippen LogP) is 2.06. The van der Waals surface area contributed by atoms with Crippen LogP contribution in [0, 0.1) is 6.92 Å². The molecule has 24 heavy (non-hydrogen) atoms. The van der Waals surface area contributed by atoms with Crippen LogP contribution in [0.4, 0.5) is 10.7 Å². The maximum Gasteiger partial charge on any atom is 0.410 e. The molecule has 132 valence electrons. The third kappa shape index (κ3) is 3.25. The molecule has 7 nitrogen and oxygen atoms in total. The van der Waals surface area contributed by atoms with Gasteiger partial charge in [0, 0.05) is 31.4 Å². The van der Waals surface area contributed by atoms with E-state index in [1.165, 1.54) is 6.07 Å². The average molecular weight is 334 g/mol. The lowest BCUT2D eigenvalue weighted by Crippen LogP contribution is -2.66. The van der Waals surface area contributed by atoms with Crippen molar-refractivity contribution in [2.45, 2.75) is 58.1 Å². The summed E-state index contributed by atoms with van der Waals surface area (Å²) in [7, 11) is 0. The Morgan fingerprint density at radius 3 is 2.38 bits per heavy atom. The van der Waals surface area contributed by atoms with Gasteiger partial charge in [0.2, 0.25) is 5.95 Å². The van der Waals surface area contributed by atoms with Gasteiger partial charge in [-0.05, 0) is 47.0 Å². The fourth-order valence-electron chi connectivity index (χ4n) is 3.51. The minimum absolute atomic E-state index is 0.0943. The number of aryl methyl sites for hydroxylation is 1. The number of carbonyl (C=O) groups excluding carboxylic acids is 1. The molecule has 0 atom stereocenters. The van der Waals surface area contributed by atoms with E-state index >= 15 is 0 Å². The highest BCUT2D eigenvalue weighted by atomic mass is 16.6. The molecule has 1 amide bonds. The van der Waals surface area contributed by atoms with E-state index in [9.17, 15) is 9.59 Å². The van der Waals surface area contributed by atoms with E-state index in [2.05, 4.69) is 14.9 Å². The second-order valence-corrected chi connectivity index (χ2v) is 7.80. The van der Waals surface area contributed by atoms with Crippen molar-refractivity contribution in [2.24, 2.45) is 0 Å². The van der Waals surface area contributed by atoms with Crippen molar-refractivity contribution < 1.29 is 9.53 Å². The zero-order valence-corrected chi connectivity index (χ0v) is 14.9. The lowest BCUT2D eigenvalue weighted by Gasteiger charge is -2.56. The lowest BCUT2D eigenvalue weighted by atomic mass is 9.77. The number of nitrogens with one attached hydrogen (secondary N) is 1. The van der Waals surface area contributed by atoms with Crippen molar-refractivity contribution in [3.63, 3.8) is 0 Å². The first kappa shape index (κ1) is 16.8. The van der Waals surface area contributed by atoms with E-state index in [1.54, 1.807) is 0 Å². The first-order valence-corrected chi connectivity index (χ1v) is 8.52. The number of likely N-dealkylation sites (tertiary alicyclic amines) is 1. The van der Waals surface area contributed by atoms with Gasteiger partial charge in [-0.25, -0.2) is 9.78 Å². The van der Waals surface area contributed by atoms with Crippen LogP contribution < -0.4 is 10.5 Å². The van der Waals surface area contributed by atoms with Crippen molar-refractivity contribution in [1.29, 1.82) is 0 Å². The van der Waals surface area contributed by atoms with E-state index < -0.39 is 5.60 Å². The highest BCUT2D eigenvalue weighted by Gasteiger charge is 2.50. The summed E-state index contributed by atoms with van der Waals surface area (Å²) >= 11 is 0. The van der Waals surface area contributed by atoms with Crippen LogP contribution in [-0.2, 0) is 4.74 Å². The van der Waals surface area contributed by atoms with Crippen LogP contribution >= 0.6 is 0 Å². The fourth-order valence-corrected chi connectivity index (χ4v) is 3.51. The Balaban J connectivity index is 1.66. The molecule has 1 N–H and O–H groups in total. The zero-order valence-electron chi connectivity index (χ0n) is 14.9. The highest BCUT2D eigenvalue weighted by Crippen LogP contribution is 2.41. The molecule has 3 heterocycles. The van der Waals surface area contributed by atoms with E-state index in [4.69, 9.17) is 4.74 Å². The second kappa shape index (κ2) is 5.79. The van der Waals surface area contributed by atoms with E-state index in [1.807, 2.05) is 32.6 Å². The average Bonchev–Trinajstić information content (AvgIpc) is 2.43. The Hall–Kier alpha value is -2.05. The predicted molar refractivity (Wildman–Crippen MR) is 91.3 cm³/mol. The molecule has 7 heteroatoms. The number of ether oxygens (including phenoxy) is 1. The summed E-state index contributed by atoms with van der Waals surface area (Å²) in [6.07, 6.45) is 2.52. The second-order valence-electron chi connectivity index (χ2n) is 7.80. The number of H-pyrrole nitrogens is 1. The first-order chi connectivity index (χ1) is 11.2. The van der Waals surface area contributed by atoms with Crippen LogP contribution in [0.5, 0.6) is 0 Å². The summed E-state index contributed by atoms with van der Waals surface area (Å²) in [6, 6.07) is 1.49. The van der Waals surface area contributed by atoms with Gasteiger partial charge < -0.3 is 14.5 Å². The van der Waals surface area contributed by atoms with Crippen molar-refractivity contribution in [3.8, 4) is 0 Å². The molecule has 2 aliphatic heterocycles. The molecule has 2 aliphatic rings. The minimum Gasteiger partial charge on any atom is -0.444 e. The number of piperidine rings is 1. The fraction of sp³-hybridized carbons (Fsp3) is 0.706. The van der Waals surface area contributed by atoms with Gasteiger partial charge >= 0.3 is 6.09 Å². The normalized spacial score (nSPS) is 20.0. The zero-order chi connectivity index (χ0) is 17.5. The number of hydrogen-bond donors (Lipinski definition) is 1. The third-order valence-electron chi connectivity index (χ3n) is 4.84. The van der Waals surface area contributed by atoms with Crippen LogP contribution in [0.1, 0.15) is 45.7 Å². The van der Waals surface area contributed by atoms with Crippen LogP contribution in [0.2, 0.25) is 0 Å². The van der Waals surface area contributed by atoms with E-state index in [0.29, 0.717) is 11.6 Å². The molecule has 2 fully saturated rings. The van der Waals surface area contributed by atoms with Crippen molar-refractivity contribution in [3.05, 3.63) is 22.1 Å². The molecule has 0 aliphatic carbocycles. The molecule has 0 saturated carbocycles. The summed E-state index contributed by atoms with van der Waals surface area (Å²) in [5, 5.41) is 0. The Kier molecular flexibility index (Phi) is 4.05. The third-order valence-corrected chi connectivity index (χ3v) is 4.84. The van der Waals surface area contributed by atoms with Gasteiger partial charge in [0.1, 0.15) is 5.60 Å². The molecule has 3 rings (SSSR count). The molecule has 1 spiro atoms. The van der Waals surface area contributed by atoms with Gasteiger partial charge in [-0.3, -0.25) is 9.78 Å². The van der Waals surface area contributed by atoms with Gasteiger partial charge in [-0.1, -0.05) is 0 Å². The summed E-state index contributed by atoms with van der Waals surface area (Å²) in [5.41, 5.74) is 0.0209. The van der Waals surface area contributed by atoms with Gasteiger partial charge in [-0.2, -0.15) is 0 Å². The largest absolute Gasteiger partial charge is 0.444 e. The van der Waals surface area contributed by atoms with Gasteiger partial charge in [0.15, 0.2) is 0 Å². The number of rotatable bonds is 1. The number of anilines is 1. The number of nitrogens with zero attached hydrogens (tertiary/aromatic N) is 3. The molecule has 1 aromatic heterocycles. The monoisotopic (exact) mass is 334 g/mol. The van der Waals surface area contributed by atoms with Gasteiger partial charge in [0.25, 0.3) is 5.56 Å². The Morgan fingerprint density at radius 2 is 1.88 bits per heavy atom. The van der Waals surface area contributed by atoms with Crippen molar-refractivity contribution in [2.75, 3.05) is 24.5 Å². The summed E-state index contributed by atoms with van der Waals surface area (Å²) in [5.74, 6) is 0.623. The summed E-state index contributed by atoms with van der Waals surface area (Å²) in [6.45, 7) is 9.78. The van der Waals surface area contributed by atoms with Gasteiger partial charge in [0.05, 0.1) is 5.54 Å². The quantitative estimate of drug-likeness (QED) is 0.850. The minimum atomic E-state index is -0.473. The number of aromatic nitrogens is 2. The maximum absolute atomic E-state index is 12.4. The molecular formula is C17H26N4O3. The topological polar surface area (TPSA) is 78.5 Å². The number of aromatic amines is 1. The van der Waals surface area contributed by atoms with Crippen molar-refractivity contribution >= 4 is 12.0 Å². The molecule has 0 aromatic carbocycles. The van der Waals surface area contributed by atoms with Crippen molar-refractivity contribution in [1.82, 2.24) is 14.9 Å². The Labute approximate surface area is 142 Å². The SMILES string of the molecule is Cc1cc(=O)[nH]c(N2CCC3(CC2)CCN3C(=O)OC(C)(C)C)n1. The van der Waals surface area contributed by atoms with Crippen LogP contribution in [0.15, 0.2) is 10.9 Å². The number of amides is 1. The summed E-state index contributed by atoms with van der Waals surface area (Å²) < 4.78 is 5.53. The van der Waals surface area contributed by atoms with Gasteiger partial charge in [-0.15, -0.1) is 0 Å². The van der Waals surface area contributed by atoms with Crippen LogP contribution in [-0.4, -0.2) is 51.7 Å². The van der Waals surface area contributed by atoms with Crippen LogP contribution in [0.25, 0.3) is 0 Å². The highest BCUT2D eigenvalue weighted by molar-refractivity contribution is 5.70. The van der Waals surface area contributed by atoms with E-state index in [0.717, 1.165) is 38.9 Å². The molecule has 0 radical (unpaired) electrons. The summed E-state index contributed by atoms with van der Waals surface area (Å²) in [4.78, 5) is 35.2. The smallest absolute Gasteiger partial charge is 0.410 e. The van der Waals surface area contributed by atoms with E-state index in [-0.39, 0.29) is 17.2 Å². The Bertz CT molecular complexity index is 684. The molecule has 0 unspecified atom stereocenters. The first-order valence-electron chi connectivity index (χ1n) is 8.52. The standard InChI is InChI=1S/C17H26N4O3/c1-12-11-13(22)19-14(18-12)20-8-5-17(6-9-20)7-10-21(17)15(23)24-16(2,3)4/h11H,5-10H2,1-4H3,(H,18,19,22). The van der Waals surface area contributed by atoms with Crippen LogP contribution in [0.3, 0.4) is 0 Å². The number of hydrogen-bond acceptors (Lipinski definition) is 5. The molecule has 0 bridgehead atoms. The number of carbonyl (C=O) groups is 1. The molecular weight excluding hydrogens is 308 g/mol.